The van der Waals surface area contributed by atoms with E-state index in [0.717, 1.165) is 18.8 Å². The van der Waals surface area contributed by atoms with Crippen LogP contribution in [0.4, 0.5) is 5.69 Å². The lowest BCUT2D eigenvalue weighted by Crippen LogP contribution is -2.36. The summed E-state index contributed by atoms with van der Waals surface area (Å²) in [7, 11) is 0. The van der Waals surface area contributed by atoms with E-state index in [0.29, 0.717) is 4.75 Å². The van der Waals surface area contributed by atoms with E-state index in [2.05, 4.69) is 31.5 Å². The normalized spacial score (nSPS) is 11.7. The van der Waals surface area contributed by atoms with Crippen LogP contribution in [0.25, 0.3) is 0 Å². The Morgan fingerprint density at radius 2 is 1.88 bits per heavy atom. The number of nitrogens with one attached hydrogen (secondary N) is 1. The maximum Gasteiger partial charge on any atom is 0.0359 e. The minimum Gasteiger partial charge on any atom is -0.398 e. The fourth-order valence-corrected chi connectivity index (χ4v) is 2.80. The van der Waals surface area contributed by atoms with Crippen LogP contribution in [0.1, 0.15) is 32.3 Å². The van der Waals surface area contributed by atoms with E-state index >= 15 is 0 Å². The average Bonchev–Trinajstić information content (AvgIpc) is 2.37. The molecule has 1 rings (SSSR count). The van der Waals surface area contributed by atoms with E-state index in [4.69, 9.17) is 5.73 Å². The topological polar surface area (TPSA) is 38.0 Å². The van der Waals surface area contributed by atoms with Gasteiger partial charge in [0.15, 0.2) is 0 Å². The lowest BCUT2D eigenvalue weighted by atomic mass is 10.0. The molecular weight excluding hydrogens is 228 g/mol. The maximum absolute atomic E-state index is 5.92. The summed E-state index contributed by atoms with van der Waals surface area (Å²) in [5.41, 5.74) is 7.99. The van der Waals surface area contributed by atoms with Crippen molar-refractivity contribution in [2.45, 2.75) is 38.0 Å². The minimum absolute atomic E-state index is 0.365. The second-order valence-corrected chi connectivity index (χ2v) is 5.67. The van der Waals surface area contributed by atoms with Crippen molar-refractivity contribution < 1.29 is 0 Å². The van der Waals surface area contributed by atoms with Crippen molar-refractivity contribution in [3.63, 3.8) is 0 Å². The third kappa shape index (κ3) is 3.93. The first-order valence-corrected chi connectivity index (χ1v) is 7.49. The zero-order valence-corrected chi connectivity index (χ0v) is 11.9. The number of anilines is 1. The molecule has 0 saturated carbocycles. The lowest BCUT2D eigenvalue weighted by molar-refractivity contribution is 0.495. The first-order chi connectivity index (χ1) is 8.17. The van der Waals surface area contributed by atoms with Crippen molar-refractivity contribution in [1.29, 1.82) is 0 Å². The summed E-state index contributed by atoms with van der Waals surface area (Å²) >= 11 is 1.96. The Morgan fingerprint density at radius 1 is 1.24 bits per heavy atom. The first kappa shape index (κ1) is 14.4. The van der Waals surface area contributed by atoms with Crippen LogP contribution in [-0.2, 0) is 6.54 Å². The molecule has 0 saturated heterocycles. The molecule has 17 heavy (non-hydrogen) atoms. The predicted molar refractivity (Wildman–Crippen MR) is 79.4 cm³/mol. The summed E-state index contributed by atoms with van der Waals surface area (Å²) in [5.74, 6) is 0. The van der Waals surface area contributed by atoms with Gasteiger partial charge in [0.2, 0.25) is 0 Å². The zero-order valence-electron chi connectivity index (χ0n) is 11.1. The summed E-state index contributed by atoms with van der Waals surface area (Å²) in [5, 5.41) is 3.54. The maximum atomic E-state index is 5.92. The van der Waals surface area contributed by atoms with Gasteiger partial charge in [0.25, 0.3) is 0 Å². The summed E-state index contributed by atoms with van der Waals surface area (Å²) in [4.78, 5) is 0. The summed E-state index contributed by atoms with van der Waals surface area (Å²) in [6, 6.07) is 8.05. The molecule has 0 aliphatic heterocycles. The molecule has 0 bridgehead atoms. The summed E-state index contributed by atoms with van der Waals surface area (Å²) in [6.45, 7) is 6.42. The molecule has 0 aliphatic rings. The van der Waals surface area contributed by atoms with E-state index in [9.17, 15) is 0 Å². The van der Waals surface area contributed by atoms with Crippen LogP contribution < -0.4 is 11.1 Å². The van der Waals surface area contributed by atoms with Crippen molar-refractivity contribution in [3.8, 4) is 0 Å². The van der Waals surface area contributed by atoms with Crippen LogP contribution in [0.5, 0.6) is 0 Å². The number of rotatable bonds is 7. The van der Waals surface area contributed by atoms with Gasteiger partial charge in [-0.25, -0.2) is 0 Å². The monoisotopic (exact) mass is 252 g/mol. The molecule has 2 nitrogen and oxygen atoms in total. The van der Waals surface area contributed by atoms with Gasteiger partial charge in [-0.1, -0.05) is 32.0 Å². The van der Waals surface area contributed by atoms with Gasteiger partial charge in [0.1, 0.15) is 0 Å². The lowest BCUT2D eigenvalue weighted by Gasteiger charge is -2.30. The van der Waals surface area contributed by atoms with Crippen molar-refractivity contribution in [2.24, 2.45) is 0 Å². The molecule has 0 unspecified atom stereocenters. The molecule has 96 valence electrons. The molecule has 3 N–H and O–H groups in total. The van der Waals surface area contributed by atoms with Gasteiger partial charge in [-0.2, -0.15) is 11.8 Å². The number of benzene rings is 1. The fraction of sp³-hybridized carbons (Fsp3) is 0.571. The Morgan fingerprint density at radius 3 is 2.41 bits per heavy atom. The van der Waals surface area contributed by atoms with Gasteiger partial charge in [-0.05, 0) is 30.7 Å². The molecule has 0 aromatic heterocycles. The Hall–Kier alpha value is -0.670. The molecule has 1 aromatic rings. The Labute approximate surface area is 109 Å². The smallest absolute Gasteiger partial charge is 0.0359 e. The molecular formula is C14H24N2S. The number of nitrogens with two attached hydrogens (primary N) is 1. The number of hydrogen-bond donors (Lipinski definition) is 2. The highest BCUT2D eigenvalue weighted by Crippen LogP contribution is 2.29. The van der Waals surface area contributed by atoms with Gasteiger partial charge >= 0.3 is 0 Å². The quantitative estimate of drug-likeness (QED) is 0.731. The second kappa shape index (κ2) is 6.92. The predicted octanol–water partition coefficient (Wildman–Crippen LogP) is 3.28. The Balaban J connectivity index is 2.49. The van der Waals surface area contributed by atoms with E-state index in [-0.39, 0.29) is 0 Å². The van der Waals surface area contributed by atoms with Crippen molar-refractivity contribution in [2.75, 3.05) is 18.5 Å². The SMILES string of the molecule is CCC(CC)(CNCc1ccccc1N)SC. The number of thioether (sulfide) groups is 1. The van der Waals surface area contributed by atoms with Crippen LogP contribution in [0.3, 0.4) is 0 Å². The molecule has 1 aromatic carbocycles. The number of hydrogen-bond acceptors (Lipinski definition) is 3. The fourth-order valence-electron chi connectivity index (χ4n) is 1.98. The van der Waals surface area contributed by atoms with Gasteiger partial charge in [0.05, 0.1) is 0 Å². The Bertz CT molecular complexity index is 326. The third-order valence-corrected chi connectivity index (χ3v) is 5.13. The molecule has 0 aliphatic carbocycles. The average molecular weight is 252 g/mol. The third-order valence-electron chi connectivity index (χ3n) is 3.54. The van der Waals surface area contributed by atoms with Gasteiger partial charge in [-0.3, -0.25) is 0 Å². The van der Waals surface area contributed by atoms with Crippen molar-refractivity contribution in [1.82, 2.24) is 5.32 Å². The second-order valence-electron chi connectivity index (χ2n) is 4.40. The first-order valence-electron chi connectivity index (χ1n) is 6.26. The van der Waals surface area contributed by atoms with Crippen LogP contribution in [0.15, 0.2) is 24.3 Å². The minimum atomic E-state index is 0.365. The van der Waals surface area contributed by atoms with Crippen LogP contribution in [0, 0.1) is 0 Å². The van der Waals surface area contributed by atoms with Gasteiger partial charge < -0.3 is 11.1 Å². The zero-order chi connectivity index (χ0) is 12.7. The standard InChI is InChI=1S/C14H24N2S/c1-4-14(5-2,17-3)11-16-10-12-8-6-7-9-13(12)15/h6-9,16H,4-5,10-11,15H2,1-3H3. The number of nitrogen functional groups attached to an aromatic ring is 1. The highest BCUT2D eigenvalue weighted by atomic mass is 32.2. The van der Waals surface area contributed by atoms with Gasteiger partial charge in [0, 0.05) is 23.5 Å². The highest BCUT2D eigenvalue weighted by molar-refractivity contribution is 8.00. The van der Waals surface area contributed by atoms with Crippen molar-refractivity contribution in [3.05, 3.63) is 29.8 Å². The molecule has 0 atom stereocenters. The highest BCUT2D eigenvalue weighted by Gasteiger charge is 2.23. The van der Waals surface area contributed by atoms with E-state index < -0.39 is 0 Å². The largest absolute Gasteiger partial charge is 0.398 e. The summed E-state index contributed by atoms with van der Waals surface area (Å²) < 4.78 is 0.365. The van der Waals surface area contributed by atoms with Crippen molar-refractivity contribution >= 4 is 17.4 Å². The number of para-hydroxylation sites is 1. The van der Waals surface area contributed by atoms with Crippen LogP contribution >= 0.6 is 11.8 Å². The van der Waals surface area contributed by atoms with Gasteiger partial charge in [-0.15, -0.1) is 0 Å². The van der Waals surface area contributed by atoms with E-state index in [1.165, 1.54) is 18.4 Å². The van der Waals surface area contributed by atoms with E-state index in [1.54, 1.807) is 0 Å². The van der Waals surface area contributed by atoms with Crippen LogP contribution in [-0.4, -0.2) is 17.5 Å². The molecule has 0 heterocycles. The Kier molecular flexibility index (Phi) is 5.86. The van der Waals surface area contributed by atoms with E-state index in [1.807, 2.05) is 30.0 Å². The summed E-state index contributed by atoms with van der Waals surface area (Å²) in [6.07, 6.45) is 4.59. The van der Waals surface area contributed by atoms with Crippen LogP contribution in [0.2, 0.25) is 0 Å². The molecule has 0 fully saturated rings. The molecule has 0 radical (unpaired) electrons. The molecule has 3 heteroatoms. The molecule has 0 amide bonds. The molecule has 0 spiro atoms.